The van der Waals surface area contributed by atoms with Crippen LogP contribution in [0.3, 0.4) is 0 Å². The average Bonchev–Trinajstić information content (AvgIpc) is 1.82. The van der Waals surface area contributed by atoms with Crippen LogP contribution >= 0.6 is 0 Å². The minimum atomic E-state index is -2.97. The molecule has 0 atom stereocenters. The molecule has 0 amide bonds. The number of aliphatic carboxylic acids is 3. The number of hydrogen-bond donors (Lipinski definition) is 1. The first-order valence-electron chi connectivity index (χ1n) is 3.11. The molecule has 1 N–H and O–H groups in total. The van der Waals surface area contributed by atoms with E-state index in [2.05, 4.69) is 0 Å². The zero-order chi connectivity index (χ0) is 10.6. The van der Waals surface area contributed by atoms with Gasteiger partial charge in [-0.1, -0.05) is 0 Å². The molecule has 0 saturated heterocycles. The Morgan fingerprint density at radius 1 is 1.00 bits per heavy atom. The smallest absolute Gasteiger partial charge is 0.550 e. The fourth-order valence-electron chi connectivity index (χ4n) is 0.684. The summed E-state index contributed by atoms with van der Waals surface area (Å²) in [5, 5.41) is 38.9. The molecule has 0 aliphatic heterocycles. The zero-order valence-electron chi connectivity index (χ0n) is 7.76. The summed E-state index contributed by atoms with van der Waals surface area (Å²) in [7, 11) is 0. The molecule has 0 aromatic rings. The van der Waals surface area contributed by atoms with E-state index in [1.807, 2.05) is 0 Å². The fourth-order valence-corrected chi connectivity index (χ4v) is 0.684. The second-order valence-corrected chi connectivity index (χ2v) is 2.42. The number of carboxylic acid groups (broad SMARTS) is 3. The van der Waals surface area contributed by atoms with Gasteiger partial charge in [0.05, 0.1) is 5.97 Å². The fraction of sp³-hybridized carbons (Fsp3) is 0.500. The summed E-state index contributed by atoms with van der Waals surface area (Å²) in [5.41, 5.74) is -2.97. The molecule has 77 valence electrons. The topological polar surface area (TPSA) is 141 Å². The van der Waals surface area contributed by atoms with Crippen LogP contribution < -0.4 is 15.3 Å². The minimum absolute atomic E-state index is 0. The first-order valence-corrected chi connectivity index (χ1v) is 3.11. The van der Waals surface area contributed by atoms with Crippen molar-refractivity contribution in [2.45, 2.75) is 18.4 Å². The van der Waals surface area contributed by atoms with Crippen LogP contribution in [0.1, 0.15) is 12.8 Å². The van der Waals surface area contributed by atoms with Crippen molar-refractivity contribution >= 4 is 71.9 Å². The standard InChI is InChI=1S/C6H8O7.Na.Sb/c7-3(8)1-6(13,5(11)12)2-4(9)10;;/h13H,1-2H2,(H,7,8)(H,9,10)(H,11,12);;/q;;+3/p-3. The van der Waals surface area contributed by atoms with E-state index in [0.717, 1.165) is 0 Å². The maximum absolute atomic E-state index is 10.1. The number of aliphatic hydroxyl groups is 1. The van der Waals surface area contributed by atoms with E-state index in [4.69, 9.17) is 5.11 Å². The van der Waals surface area contributed by atoms with Crippen molar-refractivity contribution in [3.8, 4) is 0 Å². The summed E-state index contributed by atoms with van der Waals surface area (Å²) in [6, 6.07) is 0. The second kappa shape index (κ2) is 8.35. The Hall–Kier alpha value is 0.188. The van der Waals surface area contributed by atoms with Crippen LogP contribution in [0.15, 0.2) is 0 Å². The SMILES string of the molecule is O=C([O-])CC(O)(CC(=O)[O-])C(=O)[O-].[Na].[Sb+3]. The number of carboxylic acids is 3. The number of rotatable bonds is 5. The van der Waals surface area contributed by atoms with Crippen molar-refractivity contribution in [1.82, 2.24) is 0 Å². The third-order valence-electron chi connectivity index (χ3n) is 1.25. The van der Waals surface area contributed by atoms with E-state index in [0.29, 0.717) is 0 Å². The Kier molecular flexibility index (Phi) is 11.5. The van der Waals surface area contributed by atoms with Crippen molar-refractivity contribution in [2.24, 2.45) is 0 Å². The van der Waals surface area contributed by atoms with Crippen molar-refractivity contribution in [3.05, 3.63) is 0 Å². The summed E-state index contributed by atoms with van der Waals surface area (Å²) >= 11 is 0. The molecule has 0 aliphatic carbocycles. The number of hydrogen-bond acceptors (Lipinski definition) is 7. The van der Waals surface area contributed by atoms with Crippen molar-refractivity contribution < 1.29 is 34.8 Å². The molecule has 0 heterocycles. The summed E-state index contributed by atoms with van der Waals surface area (Å²) in [6.45, 7) is 0. The predicted octanol–water partition coefficient (Wildman–Crippen LogP) is -6.01. The monoisotopic (exact) mass is 333 g/mol. The molecule has 0 aromatic carbocycles. The van der Waals surface area contributed by atoms with E-state index in [1.54, 1.807) is 0 Å². The predicted molar refractivity (Wildman–Crippen MR) is 40.7 cm³/mol. The van der Waals surface area contributed by atoms with Gasteiger partial charge in [-0.25, -0.2) is 0 Å². The van der Waals surface area contributed by atoms with Crippen molar-refractivity contribution in [3.63, 3.8) is 0 Å². The van der Waals surface area contributed by atoms with Gasteiger partial charge in [-0.05, 0) is 0 Å². The first-order chi connectivity index (χ1) is 5.78. The average molecular weight is 334 g/mol. The summed E-state index contributed by atoms with van der Waals surface area (Å²) in [5.74, 6) is -5.98. The largest absolute Gasteiger partial charge is 3.00 e. The van der Waals surface area contributed by atoms with Crippen LogP contribution in [-0.4, -0.2) is 82.6 Å². The Bertz CT molecular complexity index is 238. The third-order valence-corrected chi connectivity index (χ3v) is 1.25. The molecule has 0 fully saturated rings. The van der Waals surface area contributed by atoms with E-state index in [-0.39, 0.29) is 54.0 Å². The Morgan fingerprint density at radius 3 is 1.40 bits per heavy atom. The molecule has 7 nitrogen and oxygen atoms in total. The van der Waals surface area contributed by atoms with Crippen LogP contribution in [0.2, 0.25) is 0 Å². The minimum Gasteiger partial charge on any atom is -0.550 e. The van der Waals surface area contributed by atoms with Gasteiger partial charge in [-0.15, -0.1) is 0 Å². The summed E-state index contributed by atoms with van der Waals surface area (Å²) < 4.78 is 0. The normalized spacial score (nSPS) is 9.40. The van der Waals surface area contributed by atoms with Gasteiger partial charge in [-0.2, -0.15) is 0 Å². The molecule has 0 saturated carbocycles. The van der Waals surface area contributed by atoms with Gasteiger partial charge >= 0.3 is 24.4 Å². The number of carbonyl (C=O) groups excluding carboxylic acids is 3. The van der Waals surface area contributed by atoms with E-state index in [9.17, 15) is 29.7 Å². The molecular formula is C6H5NaO7Sb. The van der Waals surface area contributed by atoms with E-state index >= 15 is 0 Å². The Balaban J connectivity index is -0.000000720. The van der Waals surface area contributed by atoms with Gasteiger partial charge in [0.15, 0.2) is 0 Å². The maximum Gasteiger partial charge on any atom is 3.00 e. The Morgan fingerprint density at radius 2 is 1.27 bits per heavy atom. The molecule has 0 aromatic heterocycles. The molecule has 3 radical (unpaired) electrons. The summed E-state index contributed by atoms with van der Waals surface area (Å²) in [4.78, 5) is 30.0. The molecular weight excluding hydrogens is 329 g/mol. The van der Waals surface area contributed by atoms with Crippen LogP contribution in [0, 0.1) is 0 Å². The van der Waals surface area contributed by atoms with E-state index in [1.165, 1.54) is 0 Å². The van der Waals surface area contributed by atoms with Crippen molar-refractivity contribution in [2.75, 3.05) is 0 Å². The van der Waals surface area contributed by atoms with Crippen LogP contribution in [-0.2, 0) is 14.4 Å². The quantitative estimate of drug-likeness (QED) is 0.494. The molecule has 0 aliphatic rings. The molecule has 0 spiro atoms. The third kappa shape index (κ3) is 8.04. The van der Waals surface area contributed by atoms with Crippen LogP contribution in [0.4, 0.5) is 0 Å². The van der Waals surface area contributed by atoms with Crippen LogP contribution in [0.25, 0.3) is 0 Å². The van der Waals surface area contributed by atoms with Gasteiger partial charge < -0.3 is 34.8 Å². The molecule has 0 unspecified atom stereocenters. The van der Waals surface area contributed by atoms with Gasteiger partial charge in [0.2, 0.25) is 0 Å². The van der Waals surface area contributed by atoms with Gasteiger partial charge in [-0.3, -0.25) is 0 Å². The van der Waals surface area contributed by atoms with Gasteiger partial charge in [0, 0.05) is 54.3 Å². The summed E-state index contributed by atoms with van der Waals surface area (Å²) in [6.07, 6.45) is -2.72. The van der Waals surface area contributed by atoms with Gasteiger partial charge in [0.1, 0.15) is 5.60 Å². The van der Waals surface area contributed by atoms with E-state index < -0.39 is 36.4 Å². The molecule has 15 heavy (non-hydrogen) atoms. The van der Waals surface area contributed by atoms with Crippen molar-refractivity contribution in [1.29, 1.82) is 0 Å². The van der Waals surface area contributed by atoms with Gasteiger partial charge in [0.25, 0.3) is 0 Å². The molecule has 0 rings (SSSR count). The Labute approximate surface area is 124 Å². The van der Waals surface area contributed by atoms with Crippen LogP contribution in [0.5, 0.6) is 0 Å². The number of carbonyl (C=O) groups is 3. The zero-order valence-corrected chi connectivity index (χ0v) is 12.3. The second-order valence-electron chi connectivity index (χ2n) is 2.42. The molecule has 9 heteroatoms. The first kappa shape index (κ1) is 20.6. The molecule has 0 bridgehead atoms. The maximum atomic E-state index is 10.1.